The van der Waals surface area contributed by atoms with Crippen LogP contribution in [-0.4, -0.2) is 42.1 Å². The van der Waals surface area contributed by atoms with Crippen molar-refractivity contribution in [1.29, 1.82) is 0 Å². The van der Waals surface area contributed by atoms with Crippen molar-refractivity contribution in [2.45, 2.75) is 0 Å². The molecule has 0 aliphatic carbocycles. The predicted molar refractivity (Wildman–Crippen MR) is 36.0 cm³/mol. The van der Waals surface area contributed by atoms with Gasteiger partial charge in [0.1, 0.15) is 0 Å². The molecule has 0 fully saturated rings. The van der Waals surface area contributed by atoms with Crippen molar-refractivity contribution in [1.82, 2.24) is 9.80 Å². The zero-order valence-corrected chi connectivity index (χ0v) is 5.83. The van der Waals surface area contributed by atoms with E-state index in [9.17, 15) is 0 Å². The summed E-state index contributed by atoms with van der Waals surface area (Å²) in [5, 5.41) is 9.09. The minimum absolute atomic E-state index is 0.351. The number of hydrogen-bond acceptors (Lipinski definition) is 3. The smallest absolute Gasteiger partial charge is 0.203 e. The Bertz CT molecular complexity index is 133. The Morgan fingerprint density at radius 1 is 1.44 bits per heavy atom. The maximum atomic E-state index is 9.09. The Morgan fingerprint density at radius 3 is 2.56 bits per heavy atom. The molecule has 0 amide bonds. The van der Waals surface area contributed by atoms with Gasteiger partial charge in [0.25, 0.3) is 0 Å². The molecule has 0 aromatic rings. The van der Waals surface area contributed by atoms with E-state index in [-0.39, 0.29) is 0 Å². The molecular formula is C6H12N2O. The van der Waals surface area contributed by atoms with Gasteiger partial charge in [0.05, 0.1) is 6.20 Å². The SMILES string of the molecule is CN1C=C(O)N(C)CC1. The summed E-state index contributed by atoms with van der Waals surface area (Å²) in [6, 6.07) is 0. The normalized spacial score (nSPS) is 20.0. The molecule has 0 spiro atoms. The summed E-state index contributed by atoms with van der Waals surface area (Å²) in [7, 11) is 3.82. The molecule has 9 heavy (non-hydrogen) atoms. The molecule has 1 N–H and O–H groups in total. The van der Waals surface area contributed by atoms with Gasteiger partial charge in [-0.1, -0.05) is 0 Å². The predicted octanol–water partition coefficient (Wildman–Crippen LogP) is 0.221. The maximum Gasteiger partial charge on any atom is 0.203 e. The first-order valence-electron chi connectivity index (χ1n) is 3.02. The van der Waals surface area contributed by atoms with Crippen LogP contribution in [0.1, 0.15) is 0 Å². The summed E-state index contributed by atoms with van der Waals surface area (Å²) < 4.78 is 0. The molecule has 0 atom stereocenters. The van der Waals surface area contributed by atoms with Crippen molar-refractivity contribution in [2.75, 3.05) is 27.2 Å². The largest absolute Gasteiger partial charge is 0.494 e. The second-order valence-corrected chi connectivity index (χ2v) is 2.39. The fourth-order valence-corrected chi connectivity index (χ4v) is 0.783. The summed E-state index contributed by atoms with van der Waals surface area (Å²) in [6.45, 7) is 1.89. The van der Waals surface area contributed by atoms with Crippen molar-refractivity contribution in [3.8, 4) is 0 Å². The molecule has 0 saturated heterocycles. The first-order valence-corrected chi connectivity index (χ1v) is 3.02. The van der Waals surface area contributed by atoms with Crippen LogP contribution in [0, 0.1) is 0 Å². The molecular weight excluding hydrogens is 116 g/mol. The molecule has 0 aromatic carbocycles. The number of nitrogens with zero attached hydrogens (tertiary/aromatic N) is 2. The summed E-state index contributed by atoms with van der Waals surface area (Å²) in [4.78, 5) is 3.79. The van der Waals surface area contributed by atoms with Crippen LogP contribution in [0.4, 0.5) is 0 Å². The highest BCUT2D eigenvalue weighted by Crippen LogP contribution is 2.03. The minimum Gasteiger partial charge on any atom is -0.494 e. The van der Waals surface area contributed by atoms with Gasteiger partial charge in [-0.25, -0.2) is 0 Å². The van der Waals surface area contributed by atoms with Gasteiger partial charge in [-0.2, -0.15) is 0 Å². The maximum absolute atomic E-state index is 9.09. The second kappa shape index (κ2) is 2.17. The van der Waals surface area contributed by atoms with Gasteiger partial charge >= 0.3 is 0 Å². The van der Waals surface area contributed by atoms with Gasteiger partial charge in [-0.3, -0.25) is 0 Å². The lowest BCUT2D eigenvalue weighted by molar-refractivity contribution is 0.182. The molecule has 1 aliphatic heterocycles. The lowest BCUT2D eigenvalue weighted by Gasteiger charge is -2.27. The summed E-state index contributed by atoms with van der Waals surface area (Å²) in [5.41, 5.74) is 0. The first kappa shape index (κ1) is 6.26. The van der Waals surface area contributed by atoms with Crippen LogP contribution < -0.4 is 0 Å². The summed E-state index contributed by atoms with van der Waals surface area (Å²) in [6.07, 6.45) is 1.73. The molecule has 0 saturated carbocycles. The van der Waals surface area contributed by atoms with Crippen LogP contribution in [0.25, 0.3) is 0 Å². The molecule has 0 unspecified atom stereocenters. The Morgan fingerprint density at radius 2 is 2.11 bits per heavy atom. The lowest BCUT2D eigenvalue weighted by Crippen LogP contribution is -2.33. The Kier molecular flexibility index (Phi) is 1.51. The topological polar surface area (TPSA) is 26.7 Å². The summed E-state index contributed by atoms with van der Waals surface area (Å²) in [5.74, 6) is 0.351. The number of aliphatic hydroxyl groups excluding tert-OH is 1. The van der Waals surface area contributed by atoms with Crippen LogP contribution >= 0.6 is 0 Å². The van der Waals surface area contributed by atoms with E-state index in [0.717, 1.165) is 13.1 Å². The molecule has 1 heterocycles. The molecule has 0 aromatic heterocycles. The molecule has 0 bridgehead atoms. The molecule has 0 radical (unpaired) electrons. The van der Waals surface area contributed by atoms with E-state index < -0.39 is 0 Å². The van der Waals surface area contributed by atoms with Crippen molar-refractivity contribution in [2.24, 2.45) is 0 Å². The van der Waals surface area contributed by atoms with Gasteiger partial charge in [0.2, 0.25) is 5.88 Å². The van der Waals surface area contributed by atoms with Crippen LogP contribution in [0.5, 0.6) is 0 Å². The van der Waals surface area contributed by atoms with Crippen LogP contribution in [0.15, 0.2) is 12.1 Å². The van der Waals surface area contributed by atoms with Crippen LogP contribution in [0.2, 0.25) is 0 Å². The van der Waals surface area contributed by atoms with Crippen molar-refractivity contribution >= 4 is 0 Å². The average Bonchev–Trinajstić information content (AvgIpc) is 1.80. The third kappa shape index (κ3) is 1.28. The third-order valence-electron chi connectivity index (χ3n) is 1.52. The number of hydrogen-bond donors (Lipinski definition) is 1. The number of aliphatic hydroxyl groups is 1. The van der Waals surface area contributed by atoms with E-state index in [0.29, 0.717) is 5.88 Å². The highest BCUT2D eigenvalue weighted by molar-refractivity contribution is 4.92. The Labute approximate surface area is 55.2 Å². The first-order chi connectivity index (χ1) is 4.20. The van der Waals surface area contributed by atoms with Crippen molar-refractivity contribution in [3.05, 3.63) is 12.1 Å². The standard InChI is InChI=1S/C6H12N2O/c1-7-3-4-8(2)6(9)5-7/h5,9H,3-4H2,1-2H3. The number of likely N-dealkylation sites (N-methyl/N-ethyl adjacent to an activating group) is 2. The fourth-order valence-electron chi connectivity index (χ4n) is 0.783. The minimum atomic E-state index is 0.351. The third-order valence-corrected chi connectivity index (χ3v) is 1.52. The van der Waals surface area contributed by atoms with Crippen LogP contribution in [0.3, 0.4) is 0 Å². The van der Waals surface area contributed by atoms with E-state index in [1.807, 2.05) is 23.9 Å². The van der Waals surface area contributed by atoms with E-state index in [1.165, 1.54) is 0 Å². The Balaban J connectivity index is 2.61. The quantitative estimate of drug-likeness (QED) is 0.505. The Hall–Kier alpha value is -0.860. The van der Waals surface area contributed by atoms with Gasteiger partial charge in [-0.15, -0.1) is 0 Å². The van der Waals surface area contributed by atoms with Crippen LogP contribution in [-0.2, 0) is 0 Å². The van der Waals surface area contributed by atoms with E-state index in [2.05, 4.69) is 0 Å². The highest BCUT2D eigenvalue weighted by Gasteiger charge is 2.08. The van der Waals surface area contributed by atoms with E-state index >= 15 is 0 Å². The zero-order chi connectivity index (χ0) is 6.85. The van der Waals surface area contributed by atoms with Gasteiger partial charge < -0.3 is 14.9 Å². The monoisotopic (exact) mass is 128 g/mol. The van der Waals surface area contributed by atoms with E-state index in [1.54, 1.807) is 6.20 Å². The zero-order valence-electron chi connectivity index (χ0n) is 5.83. The lowest BCUT2D eigenvalue weighted by atomic mass is 10.4. The van der Waals surface area contributed by atoms with Crippen molar-refractivity contribution < 1.29 is 5.11 Å². The second-order valence-electron chi connectivity index (χ2n) is 2.39. The van der Waals surface area contributed by atoms with Gasteiger partial charge in [-0.05, 0) is 0 Å². The molecule has 1 aliphatic rings. The van der Waals surface area contributed by atoms with Crippen molar-refractivity contribution in [3.63, 3.8) is 0 Å². The van der Waals surface area contributed by atoms with E-state index in [4.69, 9.17) is 5.11 Å². The number of rotatable bonds is 0. The summed E-state index contributed by atoms with van der Waals surface area (Å²) >= 11 is 0. The fraction of sp³-hybridized carbons (Fsp3) is 0.667. The highest BCUT2D eigenvalue weighted by atomic mass is 16.3. The van der Waals surface area contributed by atoms with Gasteiger partial charge in [0.15, 0.2) is 0 Å². The molecule has 1 rings (SSSR count). The molecule has 3 nitrogen and oxygen atoms in total. The average molecular weight is 128 g/mol. The molecule has 52 valence electrons. The molecule has 3 heteroatoms. The van der Waals surface area contributed by atoms with Gasteiger partial charge in [0, 0.05) is 27.2 Å².